The van der Waals surface area contributed by atoms with Gasteiger partial charge in [0.1, 0.15) is 0 Å². The number of pyridine rings is 1. The SMILES string of the molecule is NCc1cnc(F)c(B(O)O)c1. The summed E-state index contributed by atoms with van der Waals surface area (Å²) in [5.41, 5.74) is 5.55. The summed E-state index contributed by atoms with van der Waals surface area (Å²) in [4.78, 5) is 3.30. The van der Waals surface area contributed by atoms with Gasteiger partial charge in [-0.25, -0.2) is 4.98 Å². The Labute approximate surface area is 69.0 Å². The van der Waals surface area contributed by atoms with Crippen molar-refractivity contribution in [2.24, 2.45) is 5.73 Å². The van der Waals surface area contributed by atoms with E-state index in [2.05, 4.69) is 4.98 Å². The first-order chi connectivity index (χ1) is 5.65. The van der Waals surface area contributed by atoms with E-state index < -0.39 is 13.1 Å². The van der Waals surface area contributed by atoms with Gasteiger partial charge in [-0.1, -0.05) is 6.07 Å². The smallest absolute Gasteiger partial charge is 0.423 e. The van der Waals surface area contributed by atoms with Gasteiger partial charge in [0.2, 0.25) is 5.95 Å². The Balaban J connectivity index is 3.08. The second-order valence-electron chi connectivity index (χ2n) is 2.30. The number of rotatable bonds is 2. The van der Waals surface area contributed by atoms with E-state index in [4.69, 9.17) is 15.8 Å². The van der Waals surface area contributed by atoms with Crippen molar-refractivity contribution in [1.82, 2.24) is 4.98 Å². The van der Waals surface area contributed by atoms with Gasteiger partial charge < -0.3 is 15.8 Å². The highest BCUT2D eigenvalue weighted by Gasteiger charge is 2.17. The van der Waals surface area contributed by atoms with Crippen LogP contribution in [0.2, 0.25) is 0 Å². The predicted octanol–water partition coefficient (Wildman–Crippen LogP) is -1.64. The monoisotopic (exact) mass is 170 g/mol. The first kappa shape index (κ1) is 9.12. The lowest BCUT2D eigenvalue weighted by Gasteiger charge is -2.02. The third kappa shape index (κ3) is 1.79. The standard InChI is InChI=1S/C6H8BFN2O2/c8-6-5(7(11)12)1-4(2-9)3-10-6/h1,3,11-12H,2,9H2. The molecule has 0 saturated heterocycles. The molecule has 1 aromatic heterocycles. The van der Waals surface area contributed by atoms with Gasteiger partial charge in [0, 0.05) is 18.2 Å². The average molecular weight is 170 g/mol. The van der Waals surface area contributed by atoms with Crippen LogP contribution in [0, 0.1) is 5.95 Å². The van der Waals surface area contributed by atoms with Gasteiger partial charge in [-0.3, -0.25) is 0 Å². The van der Waals surface area contributed by atoms with Crippen molar-refractivity contribution in [2.45, 2.75) is 6.54 Å². The van der Waals surface area contributed by atoms with Gasteiger partial charge >= 0.3 is 7.12 Å². The highest BCUT2D eigenvalue weighted by Crippen LogP contribution is 1.95. The van der Waals surface area contributed by atoms with E-state index in [-0.39, 0.29) is 12.0 Å². The predicted molar refractivity (Wildman–Crippen MR) is 41.9 cm³/mol. The molecule has 0 aliphatic rings. The molecule has 0 saturated carbocycles. The van der Waals surface area contributed by atoms with Crippen LogP contribution < -0.4 is 11.2 Å². The zero-order valence-corrected chi connectivity index (χ0v) is 6.24. The fourth-order valence-corrected chi connectivity index (χ4v) is 0.803. The van der Waals surface area contributed by atoms with Gasteiger partial charge in [-0.2, -0.15) is 4.39 Å². The van der Waals surface area contributed by atoms with Crippen LogP contribution in [-0.4, -0.2) is 22.2 Å². The van der Waals surface area contributed by atoms with Crippen molar-refractivity contribution in [1.29, 1.82) is 0 Å². The fourth-order valence-electron chi connectivity index (χ4n) is 0.803. The van der Waals surface area contributed by atoms with Crippen molar-refractivity contribution in [3.05, 3.63) is 23.8 Å². The van der Waals surface area contributed by atoms with Gasteiger partial charge in [-0.15, -0.1) is 0 Å². The molecule has 0 fully saturated rings. The molecule has 1 aromatic rings. The molecule has 0 bridgehead atoms. The minimum absolute atomic E-state index is 0.187. The molecule has 0 unspecified atom stereocenters. The van der Waals surface area contributed by atoms with Crippen LogP contribution in [-0.2, 0) is 6.54 Å². The van der Waals surface area contributed by atoms with Gasteiger partial charge in [0.25, 0.3) is 0 Å². The van der Waals surface area contributed by atoms with Crippen molar-refractivity contribution in [3.63, 3.8) is 0 Å². The number of nitrogens with zero attached hydrogens (tertiary/aromatic N) is 1. The molecular weight excluding hydrogens is 162 g/mol. The van der Waals surface area contributed by atoms with E-state index in [0.29, 0.717) is 5.56 Å². The molecule has 0 atom stereocenters. The lowest BCUT2D eigenvalue weighted by Crippen LogP contribution is -2.34. The summed E-state index contributed by atoms with van der Waals surface area (Å²) in [6, 6.07) is 1.27. The minimum atomic E-state index is -1.84. The largest absolute Gasteiger partial charge is 0.493 e. The van der Waals surface area contributed by atoms with Gasteiger partial charge in [0.05, 0.1) is 0 Å². The Morgan fingerprint density at radius 1 is 1.58 bits per heavy atom. The van der Waals surface area contributed by atoms with E-state index in [1.54, 1.807) is 0 Å². The van der Waals surface area contributed by atoms with Crippen LogP contribution in [0.25, 0.3) is 0 Å². The zero-order valence-electron chi connectivity index (χ0n) is 6.24. The van der Waals surface area contributed by atoms with Crippen LogP contribution in [0.4, 0.5) is 4.39 Å². The third-order valence-corrected chi connectivity index (χ3v) is 1.44. The van der Waals surface area contributed by atoms with Gasteiger partial charge in [-0.05, 0) is 5.56 Å². The van der Waals surface area contributed by atoms with Crippen LogP contribution in [0.3, 0.4) is 0 Å². The number of hydrogen-bond donors (Lipinski definition) is 3. The number of aromatic nitrogens is 1. The van der Waals surface area contributed by atoms with E-state index in [1.807, 2.05) is 0 Å². The Bertz CT molecular complexity index is 282. The van der Waals surface area contributed by atoms with Gasteiger partial charge in [0.15, 0.2) is 0 Å². The molecule has 0 aliphatic heterocycles. The molecule has 0 aromatic carbocycles. The summed E-state index contributed by atoms with van der Waals surface area (Å²) in [7, 11) is -1.84. The molecule has 12 heavy (non-hydrogen) atoms. The summed E-state index contributed by atoms with van der Waals surface area (Å²) < 4.78 is 12.7. The lowest BCUT2D eigenvalue weighted by molar-refractivity contribution is 0.421. The summed E-state index contributed by atoms with van der Waals surface area (Å²) in [6.07, 6.45) is 1.25. The van der Waals surface area contributed by atoms with Crippen LogP contribution in [0.15, 0.2) is 12.3 Å². The molecule has 0 amide bonds. The Hall–Kier alpha value is -0.975. The molecule has 1 heterocycles. The maximum atomic E-state index is 12.7. The first-order valence-electron chi connectivity index (χ1n) is 3.35. The average Bonchev–Trinajstić information content (AvgIpc) is 2.05. The summed E-state index contributed by atoms with van der Waals surface area (Å²) in [6.45, 7) is 0.187. The Morgan fingerprint density at radius 3 is 2.75 bits per heavy atom. The quantitative estimate of drug-likeness (QED) is 0.367. The molecule has 1 rings (SSSR count). The second kappa shape index (κ2) is 3.62. The maximum Gasteiger partial charge on any atom is 0.493 e. The number of hydrogen-bond acceptors (Lipinski definition) is 4. The molecular formula is C6H8BFN2O2. The molecule has 4 nitrogen and oxygen atoms in total. The lowest BCUT2D eigenvalue weighted by atomic mass is 9.80. The number of nitrogens with two attached hydrogens (primary N) is 1. The summed E-state index contributed by atoms with van der Waals surface area (Å²) >= 11 is 0. The van der Waals surface area contributed by atoms with E-state index in [0.717, 1.165) is 0 Å². The molecule has 0 spiro atoms. The normalized spacial score (nSPS) is 10.0. The van der Waals surface area contributed by atoms with E-state index >= 15 is 0 Å². The fraction of sp³-hybridized carbons (Fsp3) is 0.167. The van der Waals surface area contributed by atoms with E-state index in [9.17, 15) is 4.39 Å². The molecule has 0 radical (unpaired) electrons. The van der Waals surface area contributed by atoms with Crippen LogP contribution >= 0.6 is 0 Å². The summed E-state index contributed by atoms with van der Waals surface area (Å²) in [5.74, 6) is -0.887. The zero-order chi connectivity index (χ0) is 9.14. The topological polar surface area (TPSA) is 79.4 Å². The number of halogens is 1. The maximum absolute atomic E-state index is 12.7. The minimum Gasteiger partial charge on any atom is -0.423 e. The van der Waals surface area contributed by atoms with Crippen molar-refractivity contribution in [3.8, 4) is 0 Å². The Morgan fingerprint density at radius 2 is 2.25 bits per heavy atom. The summed E-state index contributed by atoms with van der Waals surface area (Å²) in [5, 5.41) is 17.3. The van der Waals surface area contributed by atoms with Crippen LogP contribution in [0.5, 0.6) is 0 Å². The second-order valence-corrected chi connectivity index (χ2v) is 2.30. The highest BCUT2D eigenvalue weighted by molar-refractivity contribution is 6.58. The Kier molecular flexibility index (Phi) is 2.75. The third-order valence-electron chi connectivity index (χ3n) is 1.44. The molecule has 4 N–H and O–H groups in total. The first-order valence-corrected chi connectivity index (χ1v) is 3.35. The van der Waals surface area contributed by atoms with Crippen molar-refractivity contribution < 1.29 is 14.4 Å². The van der Waals surface area contributed by atoms with E-state index in [1.165, 1.54) is 12.3 Å². The van der Waals surface area contributed by atoms with Crippen molar-refractivity contribution in [2.75, 3.05) is 0 Å². The molecule has 64 valence electrons. The highest BCUT2D eigenvalue weighted by atomic mass is 19.1. The van der Waals surface area contributed by atoms with Crippen LogP contribution in [0.1, 0.15) is 5.56 Å². The molecule has 6 heteroatoms. The van der Waals surface area contributed by atoms with Crippen molar-refractivity contribution >= 4 is 12.6 Å². The molecule has 0 aliphatic carbocycles.